The van der Waals surface area contributed by atoms with Crippen LogP contribution in [0.4, 0.5) is 10.1 Å². The van der Waals surface area contributed by atoms with Crippen molar-refractivity contribution in [1.29, 1.82) is 0 Å². The van der Waals surface area contributed by atoms with E-state index >= 15 is 0 Å². The number of halogens is 1. The SMILES string of the molecule is CC(C)Cc1ocnc1CN1CC[C@]2(C=CS(=O)(=O)N2c2cccc(F)c2)C[C@@H]1C. The van der Waals surface area contributed by atoms with Crippen molar-refractivity contribution in [3.63, 3.8) is 0 Å². The van der Waals surface area contributed by atoms with Crippen molar-refractivity contribution >= 4 is 15.7 Å². The van der Waals surface area contributed by atoms with Gasteiger partial charge in [0, 0.05) is 31.0 Å². The zero-order valence-electron chi connectivity index (χ0n) is 17.6. The summed E-state index contributed by atoms with van der Waals surface area (Å²) in [4.78, 5) is 6.73. The van der Waals surface area contributed by atoms with Crippen molar-refractivity contribution in [2.24, 2.45) is 5.92 Å². The normalized spacial score (nSPS) is 26.2. The molecular weight excluding hydrogens is 405 g/mol. The minimum atomic E-state index is -3.64. The number of sulfonamides is 1. The Kier molecular flexibility index (Phi) is 5.48. The largest absolute Gasteiger partial charge is 0.448 e. The fourth-order valence-electron chi connectivity index (χ4n) is 4.62. The Morgan fingerprint density at radius 2 is 2.17 bits per heavy atom. The number of aromatic nitrogens is 1. The second-order valence-corrected chi connectivity index (χ2v) is 10.5. The van der Waals surface area contributed by atoms with Gasteiger partial charge in [-0.2, -0.15) is 0 Å². The first-order valence-corrected chi connectivity index (χ1v) is 11.9. The highest BCUT2D eigenvalue weighted by Gasteiger charge is 2.49. The van der Waals surface area contributed by atoms with E-state index in [-0.39, 0.29) is 6.04 Å². The summed E-state index contributed by atoms with van der Waals surface area (Å²) in [7, 11) is -3.64. The summed E-state index contributed by atoms with van der Waals surface area (Å²) in [5.74, 6) is 0.952. The van der Waals surface area contributed by atoms with Crippen LogP contribution in [-0.2, 0) is 23.0 Å². The molecule has 0 bridgehead atoms. The lowest BCUT2D eigenvalue weighted by molar-refractivity contribution is 0.118. The number of piperidine rings is 1. The standard InChI is InChI=1S/C22H28FN3O3S/c1-16(2)11-21-20(24-15-29-21)14-25-9-7-22(13-17(25)3)8-10-30(27,28)26(22)19-6-4-5-18(23)12-19/h4-6,8,10,12,15-17H,7,9,11,13-14H2,1-3H3/t17-,22-/m0/s1. The third-order valence-electron chi connectivity index (χ3n) is 6.03. The number of likely N-dealkylation sites (tertiary alicyclic amines) is 1. The second-order valence-electron chi connectivity index (χ2n) is 8.79. The quantitative estimate of drug-likeness (QED) is 0.710. The molecule has 0 saturated carbocycles. The van der Waals surface area contributed by atoms with Crippen LogP contribution in [0.1, 0.15) is 45.1 Å². The Labute approximate surface area is 177 Å². The molecule has 6 nitrogen and oxygen atoms in total. The van der Waals surface area contributed by atoms with Crippen LogP contribution in [0, 0.1) is 11.7 Å². The smallest absolute Gasteiger partial charge is 0.258 e. The molecule has 2 aromatic rings. The van der Waals surface area contributed by atoms with E-state index in [2.05, 4.69) is 30.7 Å². The predicted octanol–water partition coefficient (Wildman–Crippen LogP) is 4.10. The third kappa shape index (κ3) is 3.90. The van der Waals surface area contributed by atoms with E-state index in [0.717, 1.165) is 17.9 Å². The molecule has 2 atom stereocenters. The molecule has 8 heteroatoms. The molecule has 162 valence electrons. The molecule has 1 aromatic carbocycles. The van der Waals surface area contributed by atoms with E-state index in [1.807, 2.05) is 0 Å². The first-order valence-electron chi connectivity index (χ1n) is 10.4. The number of anilines is 1. The molecule has 1 aromatic heterocycles. The Hall–Kier alpha value is -2.19. The number of benzene rings is 1. The maximum absolute atomic E-state index is 13.8. The lowest BCUT2D eigenvalue weighted by atomic mass is 9.83. The zero-order valence-corrected chi connectivity index (χ0v) is 18.4. The molecule has 0 unspecified atom stereocenters. The Morgan fingerprint density at radius 3 is 2.87 bits per heavy atom. The van der Waals surface area contributed by atoms with Gasteiger partial charge in [-0.05, 0) is 50.0 Å². The lowest BCUT2D eigenvalue weighted by Gasteiger charge is -2.47. The zero-order chi connectivity index (χ0) is 21.5. The van der Waals surface area contributed by atoms with Crippen LogP contribution in [0.3, 0.4) is 0 Å². The second kappa shape index (κ2) is 7.81. The van der Waals surface area contributed by atoms with Crippen molar-refractivity contribution in [1.82, 2.24) is 9.88 Å². The molecule has 30 heavy (non-hydrogen) atoms. The van der Waals surface area contributed by atoms with Gasteiger partial charge < -0.3 is 4.42 Å². The van der Waals surface area contributed by atoms with Gasteiger partial charge in [-0.1, -0.05) is 19.9 Å². The maximum Gasteiger partial charge on any atom is 0.258 e. The van der Waals surface area contributed by atoms with Gasteiger partial charge in [-0.25, -0.2) is 17.8 Å². The molecule has 1 spiro atoms. The van der Waals surface area contributed by atoms with Crippen molar-refractivity contribution in [3.05, 3.63) is 59.4 Å². The molecule has 0 radical (unpaired) electrons. The molecule has 2 aliphatic rings. The van der Waals surface area contributed by atoms with Crippen LogP contribution < -0.4 is 4.31 Å². The number of hydrogen-bond acceptors (Lipinski definition) is 5. The van der Waals surface area contributed by atoms with E-state index in [4.69, 9.17) is 4.42 Å². The van der Waals surface area contributed by atoms with Crippen molar-refractivity contribution in [3.8, 4) is 0 Å². The minimum absolute atomic E-state index is 0.122. The highest BCUT2D eigenvalue weighted by molar-refractivity contribution is 7.96. The van der Waals surface area contributed by atoms with Crippen molar-refractivity contribution in [2.75, 3.05) is 10.8 Å². The number of oxazole rings is 1. The molecule has 1 saturated heterocycles. The van der Waals surface area contributed by atoms with Crippen LogP contribution in [0.25, 0.3) is 0 Å². The van der Waals surface area contributed by atoms with E-state index in [1.54, 1.807) is 18.2 Å². The van der Waals surface area contributed by atoms with Crippen LogP contribution in [-0.4, -0.2) is 36.4 Å². The topological polar surface area (TPSA) is 66.7 Å². The van der Waals surface area contributed by atoms with E-state index in [0.29, 0.717) is 37.5 Å². The average Bonchev–Trinajstić information content (AvgIpc) is 3.19. The molecule has 4 rings (SSSR count). The minimum Gasteiger partial charge on any atom is -0.448 e. The molecule has 2 aliphatic heterocycles. The summed E-state index contributed by atoms with van der Waals surface area (Å²) >= 11 is 0. The van der Waals surface area contributed by atoms with Crippen LogP contribution in [0.15, 0.2) is 46.6 Å². The van der Waals surface area contributed by atoms with Crippen LogP contribution in [0.2, 0.25) is 0 Å². The molecule has 1 fully saturated rings. The van der Waals surface area contributed by atoms with Gasteiger partial charge in [-0.3, -0.25) is 9.21 Å². The summed E-state index contributed by atoms with van der Waals surface area (Å²) in [6, 6.07) is 5.93. The lowest BCUT2D eigenvalue weighted by Crippen LogP contribution is -2.56. The van der Waals surface area contributed by atoms with Gasteiger partial charge in [-0.15, -0.1) is 0 Å². The molecule has 0 aliphatic carbocycles. The molecule has 0 amide bonds. The molecule has 0 N–H and O–H groups in total. The van der Waals surface area contributed by atoms with Crippen LogP contribution >= 0.6 is 0 Å². The Bertz CT molecular complexity index is 1050. The summed E-state index contributed by atoms with van der Waals surface area (Å²) in [6.45, 7) is 7.78. The number of rotatable bonds is 5. The van der Waals surface area contributed by atoms with Crippen molar-refractivity contribution < 1.29 is 17.2 Å². The van der Waals surface area contributed by atoms with Gasteiger partial charge in [0.15, 0.2) is 6.39 Å². The van der Waals surface area contributed by atoms with E-state index in [1.165, 1.54) is 28.2 Å². The number of hydrogen-bond donors (Lipinski definition) is 0. The van der Waals surface area contributed by atoms with E-state index in [9.17, 15) is 12.8 Å². The fourth-order valence-corrected chi connectivity index (χ4v) is 6.31. The number of nitrogens with zero attached hydrogens (tertiary/aromatic N) is 3. The van der Waals surface area contributed by atoms with E-state index < -0.39 is 21.4 Å². The van der Waals surface area contributed by atoms with Gasteiger partial charge in [0.2, 0.25) is 0 Å². The Morgan fingerprint density at radius 1 is 1.37 bits per heavy atom. The van der Waals surface area contributed by atoms with Gasteiger partial charge in [0.05, 0.1) is 16.9 Å². The predicted molar refractivity (Wildman–Crippen MR) is 114 cm³/mol. The third-order valence-corrected chi connectivity index (χ3v) is 7.59. The first-order chi connectivity index (χ1) is 14.2. The average molecular weight is 434 g/mol. The summed E-state index contributed by atoms with van der Waals surface area (Å²) in [5, 5.41) is 1.26. The maximum atomic E-state index is 13.8. The van der Waals surface area contributed by atoms with Crippen molar-refractivity contribution in [2.45, 2.75) is 58.2 Å². The molecule has 3 heterocycles. The monoisotopic (exact) mass is 433 g/mol. The van der Waals surface area contributed by atoms with Crippen LogP contribution in [0.5, 0.6) is 0 Å². The highest BCUT2D eigenvalue weighted by Crippen LogP contribution is 2.43. The van der Waals surface area contributed by atoms with Gasteiger partial charge in [0.25, 0.3) is 10.0 Å². The first kappa shape index (κ1) is 21.1. The van der Waals surface area contributed by atoms with Gasteiger partial charge in [0.1, 0.15) is 11.6 Å². The summed E-state index contributed by atoms with van der Waals surface area (Å²) in [6.07, 6.45) is 5.37. The summed E-state index contributed by atoms with van der Waals surface area (Å²) in [5.41, 5.74) is 0.645. The molecular formula is C22H28FN3O3S. The Balaban J connectivity index is 1.56. The summed E-state index contributed by atoms with van der Waals surface area (Å²) < 4.78 is 46.5. The fraction of sp³-hybridized carbons (Fsp3) is 0.500. The highest BCUT2D eigenvalue weighted by atomic mass is 32.2. The van der Waals surface area contributed by atoms with Gasteiger partial charge >= 0.3 is 0 Å².